The molecule has 0 unspecified atom stereocenters. The normalized spacial score (nSPS) is 11.3. The molecule has 116 valence electrons. The van der Waals surface area contributed by atoms with Crippen LogP contribution in [-0.2, 0) is 13.6 Å². The van der Waals surface area contributed by atoms with E-state index in [1.165, 1.54) is 11.1 Å². The van der Waals surface area contributed by atoms with Crippen molar-refractivity contribution in [2.24, 2.45) is 7.05 Å². The van der Waals surface area contributed by atoms with Crippen LogP contribution < -0.4 is 4.90 Å². The number of aryl methyl sites for hydroxylation is 3. The van der Waals surface area contributed by atoms with E-state index < -0.39 is 0 Å². The number of hydrogen-bond acceptors (Lipinski definition) is 5. The van der Waals surface area contributed by atoms with E-state index in [2.05, 4.69) is 29.1 Å². The second-order valence-electron chi connectivity index (χ2n) is 5.43. The van der Waals surface area contributed by atoms with E-state index in [-0.39, 0.29) is 6.61 Å². The van der Waals surface area contributed by atoms with Crippen LogP contribution in [0.15, 0.2) is 24.3 Å². The Kier molecular flexibility index (Phi) is 4.13. The van der Waals surface area contributed by atoms with Gasteiger partial charge in [-0.3, -0.25) is 0 Å². The van der Waals surface area contributed by atoms with Crippen LogP contribution in [0.4, 0.5) is 5.13 Å². The van der Waals surface area contributed by atoms with Gasteiger partial charge in [0, 0.05) is 20.1 Å². The Bertz CT molecular complexity index is 758. The van der Waals surface area contributed by atoms with Gasteiger partial charge in [0.05, 0.1) is 17.0 Å². The summed E-state index contributed by atoms with van der Waals surface area (Å²) in [6.45, 7) is 5.54. The number of rotatable bonds is 5. The van der Waals surface area contributed by atoms with Crippen molar-refractivity contribution in [3.05, 3.63) is 41.1 Å². The lowest BCUT2D eigenvalue weighted by atomic mass is 10.1. The molecule has 0 spiro atoms. The van der Waals surface area contributed by atoms with Crippen molar-refractivity contribution in [2.75, 3.05) is 18.1 Å². The first kappa shape index (κ1) is 15.0. The summed E-state index contributed by atoms with van der Waals surface area (Å²) in [7, 11) is 1.91. The zero-order chi connectivity index (χ0) is 15.7. The third-order valence-corrected chi connectivity index (χ3v) is 5.01. The summed E-state index contributed by atoms with van der Waals surface area (Å²) in [5.74, 6) is 0. The topological polar surface area (TPSA) is 54.2 Å². The van der Waals surface area contributed by atoms with E-state index in [4.69, 9.17) is 4.98 Å². The summed E-state index contributed by atoms with van der Waals surface area (Å²) in [6.07, 6.45) is 0. The van der Waals surface area contributed by atoms with Gasteiger partial charge in [-0.05, 0) is 25.0 Å². The fourth-order valence-electron chi connectivity index (χ4n) is 2.57. The van der Waals surface area contributed by atoms with Crippen LogP contribution >= 0.6 is 11.3 Å². The van der Waals surface area contributed by atoms with Crippen LogP contribution in [0.2, 0.25) is 0 Å². The SMILES string of the molecule is Cc1ccccc1CN(CCO)c1nc2c(s1)c(C)nn2C. The lowest BCUT2D eigenvalue weighted by molar-refractivity contribution is 0.301. The minimum absolute atomic E-state index is 0.110. The summed E-state index contributed by atoms with van der Waals surface area (Å²) in [5.41, 5.74) is 4.42. The Hall–Kier alpha value is -1.92. The summed E-state index contributed by atoms with van der Waals surface area (Å²) in [5, 5.41) is 14.7. The van der Waals surface area contributed by atoms with Crippen molar-refractivity contribution in [2.45, 2.75) is 20.4 Å². The second kappa shape index (κ2) is 6.06. The summed E-state index contributed by atoms with van der Waals surface area (Å²) in [4.78, 5) is 6.84. The molecule has 3 aromatic rings. The largest absolute Gasteiger partial charge is 0.395 e. The molecule has 2 heterocycles. The van der Waals surface area contributed by atoms with Gasteiger partial charge in [-0.1, -0.05) is 35.6 Å². The highest BCUT2D eigenvalue weighted by Crippen LogP contribution is 2.31. The number of anilines is 1. The highest BCUT2D eigenvalue weighted by atomic mass is 32.1. The van der Waals surface area contributed by atoms with Gasteiger partial charge in [-0.15, -0.1) is 0 Å². The Morgan fingerprint density at radius 3 is 2.73 bits per heavy atom. The zero-order valence-corrected chi connectivity index (χ0v) is 13.9. The highest BCUT2D eigenvalue weighted by molar-refractivity contribution is 7.22. The molecule has 0 atom stereocenters. The fourth-order valence-corrected chi connectivity index (χ4v) is 3.62. The second-order valence-corrected chi connectivity index (χ2v) is 6.41. The molecule has 5 nitrogen and oxygen atoms in total. The average molecular weight is 316 g/mol. The monoisotopic (exact) mass is 316 g/mol. The molecular weight excluding hydrogens is 296 g/mol. The van der Waals surface area contributed by atoms with Gasteiger partial charge in [0.25, 0.3) is 0 Å². The van der Waals surface area contributed by atoms with Crippen LogP contribution in [0.5, 0.6) is 0 Å². The lowest BCUT2D eigenvalue weighted by Gasteiger charge is -2.21. The van der Waals surface area contributed by atoms with E-state index in [0.29, 0.717) is 6.54 Å². The fraction of sp³-hybridized carbons (Fsp3) is 0.375. The molecule has 6 heteroatoms. The lowest BCUT2D eigenvalue weighted by Crippen LogP contribution is -2.26. The van der Waals surface area contributed by atoms with Crippen LogP contribution in [0.3, 0.4) is 0 Å². The van der Waals surface area contributed by atoms with Gasteiger partial charge >= 0.3 is 0 Å². The van der Waals surface area contributed by atoms with Gasteiger partial charge in [0.1, 0.15) is 0 Å². The molecule has 0 aliphatic rings. The van der Waals surface area contributed by atoms with Crippen molar-refractivity contribution >= 4 is 26.8 Å². The van der Waals surface area contributed by atoms with Gasteiger partial charge in [-0.2, -0.15) is 5.10 Å². The van der Waals surface area contributed by atoms with Crippen LogP contribution in [0.25, 0.3) is 10.3 Å². The van der Waals surface area contributed by atoms with Crippen molar-refractivity contribution < 1.29 is 5.11 Å². The molecule has 0 aliphatic heterocycles. The van der Waals surface area contributed by atoms with Crippen molar-refractivity contribution in [3.63, 3.8) is 0 Å². The van der Waals surface area contributed by atoms with E-state index >= 15 is 0 Å². The minimum atomic E-state index is 0.110. The molecule has 0 amide bonds. The molecule has 0 saturated carbocycles. The van der Waals surface area contributed by atoms with E-state index in [1.54, 1.807) is 11.3 Å². The zero-order valence-electron chi connectivity index (χ0n) is 13.1. The first-order valence-electron chi connectivity index (χ1n) is 7.30. The number of thiazole rings is 1. The number of aliphatic hydroxyl groups excluding tert-OH is 1. The molecule has 1 N–H and O–H groups in total. The smallest absolute Gasteiger partial charge is 0.188 e. The summed E-state index contributed by atoms with van der Waals surface area (Å²) >= 11 is 1.64. The third kappa shape index (κ3) is 2.71. The molecule has 22 heavy (non-hydrogen) atoms. The average Bonchev–Trinajstić information content (AvgIpc) is 3.03. The Morgan fingerprint density at radius 2 is 2.05 bits per heavy atom. The maximum atomic E-state index is 9.40. The highest BCUT2D eigenvalue weighted by Gasteiger charge is 2.17. The Morgan fingerprint density at radius 1 is 1.27 bits per heavy atom. The van der Waals surface area contributed by atoms with Crippen LogP contribution in [0.1, 0.15) is 16.8 Å². The molecule has 0 radical (unpaired) electrons. The van der Waals surface area contributed by atoms with Crippen molar-refractivity contribution in [3.8, 4) is 0 Å². The predicted octanol–water partition coefficient (Wildman–Crippen LogP) is 2.65. The maximum Gasteiger partial charge on any atom is 0.188 e. The standard InChI is InChI=1S/C16H20N4OS/c1-11-6-4-5-7-13(11)10-20(8-9-21)16-17-15-14(22-16)12(2)18-19(15)3/h4-7,21H,8-10H2,1-3H3. The first-order chi connectivity index (χ1) is 10.6. The van der Waals surface area contributed by atoms with Gasteiger partial charge in [0.15, 0.2) is 10.8 Å². The number of aromatic nitrogens is 3. The van der Waals surface area contributed by atoms with Gasteiger partial charge in [-0.25, -0.2) is 9.67 Å². The molecular formula is C16H20N4OS. The van der Waals surface area contributed by atoms with E-state index in [1.807, 2.05) is 30.8 Å². The molecule has 0 aliphatic carbocycles. The molecule has 3 rings (SSSR count). The number of nitrogens with zero attached hydrogens (tertiary/aromatic N) is 4. The molecule has 0 saturated heterocycles. The summed E-state index contributed by atoms with van der Waals surface area (Å²) < 4.78 is 2.93. The number of hydrogen-bond donors (Lipinski definition) is 1. The predicted molar refractivity (Wildman–Crippen MR) is 90.4 cm³/mol. The molecule has 0 fully saturated rings. The number of aliphatic hydroxyl groups is 1. The van der Waals surface area contributed by atoms with E-state index in [9.17, 15) is 5.11 Å². The molecule has 2 aromatic heterocycles. The third-order valence-electron chi connectivity index (χ3n) is 3.80. The first-order valence-corrected chi connectivity index (χ1v) is 8.12. The van der Waals surface area contributed by atoms with Gasteiger partial charge in [0.2, 0.25) is 0 Å². The Balaban J connectivity index is 1.95. The molecule has 0 bridgehead atoms. The van der Waals surface area contributed by atoms with Crippen LogP contribution in [-0.4, -0.2) is 33.0 Å². The quantitative estimate of drug-likeness (QED) is 0.786. The van der Waals surface area contributed by atoms with Gasteiger partial charge < -0.3 is 10.0 Å². The van der Waals surface area contributed by atoms with Crippen LogP contribution in [0, 0.1) is 13.8 Å². The minimum Gasteiger partial charge on any atom is -0.395 e. The molecule has 1 aromatic carbocycles. The summed E-state index contributed by atoms with van der Waals surface area (Å²) in [6, 6.07) is 8.33. The van der Waals surface area contributed by atoms with Crippen molar-refractivity contribution in [1.82, 2.24) is 14.8 Å². The van der Waals surface area contributed by atoms with E-state index in [0.717, 1.165) is 27.7 Å². The number of fused-ring (bicyclic) bond motifs is 1. The maximum absolute atomic E-state index is 9.40. The van der Waals surface area contributed by atoms with Crippen molar-refractivity contribution in [1.29, 1.82) is 0 Å². The Labute approximate surface area is 133 Å². The number of benzene rings is 1.